The molecule has 1 aliphatic heterocycles. The van der Waals surface area contributed by atoms with E-state index in [2.05, 4.69) is 23.0 Å². The van der Waals surface area contributed by atoms with Gasteiger partial charge in [-0.2, -0.15) is 12.1 Å². The van der Waals surface area contributed by atoms with Crippen LogP contribution in [0, 0.1) is 51.5 Å². The number of methoxy groups -OCH3 is 1. The molecule has 0 radical (unpaired) electrons. The third kappa shape index (κ3) is 9.54. The molecular weight excluding hydrogens is 718 g/mol. The predicted octanol–water partition coefficient (Wildman–Crippen LogP) is 4.59. The molecule has 204 valence electrons. The van der Waals surface area contributed by atoms with Crippen LogP contribution in [-0.2, 0) is 9.53 Å². The molecule has 3 N–H and O–H groups in total. The van der Waals surface area contributed by atoms with Crippen LogP contribution in [0.4, 0.5) is 5.69 Å². The van der Waals surface area contributed by atoms with E-state index in [1.165, 1.54) is 0 Å². The van der Waals surface area contributed by atoms with E-state index >= 15 is 0 Å². The van der Waals surface area contributed by atoms with Crippen molar-refractivity contribution < 1.29 is 50.2 Å². The van der Waals surface area contributed by atoms with Crippen LogP contribution < -0.4 is 15.8 Å². The van der Waals surface area contributed by atoms with Crippen molar-refractivity contribution in [3.8, 4) is 5.75 Å². The number of allylic oxidation sites excluding steroid dienone is 3. The van der Waals surface area contributed by atoms with Gasteiger partial charge in [0.25, 0.3) is 11.8 Å². The van der Waals surface area contributed by atoms with Gasteiger partial charge in [0.2, 0.25) is 0 Å². The third-order valence-corrected chi connectivity index (χ3v) is 5.80. The first kappa shape index (κ1) is 33.9. The van der Waals surface area contributed by atoms with Gasteiger partial charge in [-0.3, -0.25) is 14.6 Å². The number of carbonyl (C=O) groups is 2. The molecule has 0 spiro atoms. The van der Waals surface area contributed by atoms with Crippen LogP contribution >= 0.6 is 0 Å². The second-order valence-electron chi connectivity index (χ2n) is 8.38. The van der Waals surface area contributed by atoms with Crippen LogP contribution in [0.1, 0.15) is 34.8 Å². The van der Waals surface area contributed by atoms with Gasteiger partial charge in [0, 0.05) is 41.5 Å². The molecular formula is C30H36N4O4U. The van der Waals surface area contributed by atoms with Gasteiger partial charge < -0.3 is 32.9 Å². The Morgan fingerprint density at radius 1 is 1.26 bits per heavy atom. The largest absolute Gasteiger partial charge is 2.00 e. The summed E-state index contributed by atoms with van der Waals surface area (Å²) in [6.45, 7) is 9.75. The topological polar surface area (TPSA) is 106 Å². The summed E-state index contributed by atoms with van der Waals surface area (Å²) in [5.41, 5.74) is 10.2. The van der Waals surface area contributed by atoms with Crippen molar-refractivity contribution in [3.63, 3.8) is 0 Å². The van der Waals surface area contributed by atoms with E-state index in [1.54, 1.807) is 60.6 Å². The first-order valence-corrected chi connectivity index (χ1v) is 12.1. The molecule has 0 bridgehead atoms. The minimum Gasteiger partial charge on any atom is -0.523 e. The smallest absolute Gasteiger partial charge is 0.523 e. The SMILES string of the molecule is C=C\C=C(/N=C(\C=C(/N)C(=O)Nc1ccc(C(=O)N2CCOCC2)c(C)c1)CC)c1c[c-]c(OC)cc1.[CH3-].[U+2]. The van der Waals surface area contributed by atoms with Gasteiger partial charge >= 0.3 is 31.1 Å². The van der Waals surface area contributed by atoms with E-state index < -0.39 is 5.91 Å². The summed E-state index contributed by atoms with van der Waals surface area (Å²) in [5.74, 6) is 0.121. The molecule has 1 fully saturated rings. The van der Waals surface area contributed by atoms with Crippen LogP contribution in [-0.4, -0.2) is 55.8 Å². The van der Waals surface area contributed by atoms with Crippen molar-refractivity contribution in [2.24, 2.45) is 10.7 Å². The Balaban J connectivity index is 0.00000380. The van der Waals surface area contributed by atoms with E-state index in [0.29, 0.717) is 61.1 Å². The number of aryl methyl sites for hydroxylation is 1. The first-order chi connectivity index (χ1) is 17.9. The summed E-state index contributed by atoms with van der Waals surface area (Å²) >= 11 is 0. The van der Waals surface area contributed by atoms with Crippen LogP contribution in [0.2, 0.25) is 0 Å². The zero-order chi connectivity index (χ0) is 26.8. The van der Waals surface area contributed by atoms with Crippen molar-refractivity contribution in [1.29, 1.82) is 0 Å². The molecule has 1 aliphatic rings. The summed E-state index contributed by atoms with van der Waals surface area (Å²) < 4.78 is 10.5. The van der Waals surface area contributed by atoms with Crippen molar-refractivity contribution in [2.75, 3.05) is 38.7 Å². The zero-order valence-corrected chi connectivity index (χ0v) is 27.2. The molecule has 0 aliphatic carbocycles. The third-order valence-electron chi connectivity index (χ3n) is 5.80. The van der Waals surface area contributed by atoms with Crippen LogP contribution in [0.3, 0.4) is 0 Å². The number of nitrogens with two attached hydrogens (primary N) is 1. The number of anilines is 1. The molecule has 1 saturated heterocycles. The number of rotatable bonds is 9. The maximum atomic E-state index is 12.8. The molecule has 1 heterocycles. The summed E-state index contributed by atoms with van der Waals surface area (Å²) in [6, 6.07) is 13.7. The number of aliphatic imine (C=N–C) groups is 1. The van der Waals surface area contributed by atoms with E-state index in [9.17, 15) is 9.59 Å². The summed E-state index contributed by atoms with van der Waals surface area (Å²) in [7, 11) is 1.58. The molecule has 0 atom stereocenters. The van der Waals surface area contributed by atoms with E-state index in [4.69, 9.17) is 15.2 Å². The summed E-state index contributed by atoms with van der Waals surface area (Å²) in [6.07, 6.45) is 5.53. The quantitative estimate of drug-likeness (QED) is 0.169. The molecule has 0 unspecified atom stereocenters. The number of nitrogens with zero attached hydrogens (tertiary/aromatic N) is 2. The van der Waals surface area contributed by atoms with Crippen molar-refractivity contribution >= 4 is 28.9 Å². The Morgan fingerprint density at radius 3 is 2.54 bits per heavy atom. The number of hydrogen-bond acceptors (Lipinski definition) is 6. The van der Waals surface area contributed by atoms with Crippen molar-refractivity contribution in [3.05, 3.63) is 97.1 Å². The number of nitrogens with one attached hydrogen (secondary N) is 1. The van der Waals surface area contributed by atoms with Gasteiger partial charge in [0.15, 0.2) is 0 Å². The summed E-state index contributed by atoms with van der Waals surface area (Å²) in [4.78, 5) is 32.1. The van der Waals surface area contributed by atoms with Gasteiger partial charge in [0.05, 0.1) is 26.0 Å². The first-order valence-electron chi connectivity index (χ1n) is 12.1. The van der Waals surface area contributed by atoms with Gasteiger partial charge in [-0.1, -0.05) is 19.6 Å². The zero-order valence-electron chi connectivity index (χ0n) is 23.0. The van der Waals surface area contributed by atoms with Gasteiger partial charge in [0.1, 0.15) is 0 Å². The van der Waals surface area contributed by atoms with E-state index in [-0.39, 0.29) is 50.1 Å². The van der Waals surface area contributed by atoms with Gasteiger partial charge in [-0.15, -0.1) is 17.7 Å². The predicted molar refractivity (Wildman–Crippen MR) is 153 cm³/mol. The Kier molecular flexibility index (Phi) is 14.6. The van der Waals surface area contributed by atoms with Crippen LogP contribution in [0.5, 0.6) is 5.75 Å². The molecule has 3 rings (SSSR count). The monoisotopic (exact) mass is 754 g/mol. The van der Waals surface area contributed by atoms with E-state index in [0.717, 1.165) is 11.1 Å². The number of carbonyl (C=O) groups excluding carboxylic acids is 2. The Labute approximate surface area is 255 Å². The molecule has 2 amide bonds. The van der Waals surface area contributed by atoms with Crippen LogP contribution in [0.25, 0.3) is 5.70 Å². The number of hydrogen-bond donors (Lipinski definition) is 2. The average molecular weight is 755 g/mol. The molecule has 0 aromatic heterocycles. The second-order valence-corrected chi connectivity index (χ2v) is 8.38. The van der Waals surface area contributed by atoms with Crippen LogP contribution in [0.15, 0.2) is 71.9 Å². The normalized spacial score (nSPS) is 14.0. The Bertz CT molecular complexity index is 1230. The second kappa shape index (κ2) is 16.8. The number of benzene rings is 2. The van der Waals surface area contributed by atoms with Gasteiger partial charge in [-0.25, -0.2) is 0 Å². The summed E-state index contributed by atoms with van der Waals surface area (Å²) in [5, 5.41) is 2.80. The fraction of sp³-hybridized carbons (Fsp3) is 0.267. The minimum absolute atomic E-state index is 0. The molecule has 2 aromatic carbocycles. The molecule has 9 heteroatoms. The van der Waals surface area contributed by atoms with Gasteiger partial charge in [-0.05, 0) is 49.3 Å². The molecule has 2 aromatic rings. The number of morpholine rings is 1. The van der Waals surface area contributed by atoms with Crippen molar-refractivity contribution in [1.82, 2.24) is 4.90 Å². The molecule has 39 heavy (non-hydrogen) atoms. The fourth-order valence-electron chi connectivity index (χ4n) is 3.74. The molecule has 0 saturated carbocycles. The standard InChI is InChI=1S/C29H33N4O4.CH3.U/c1-5-7-27(21-8-11-24(36-4)12-9-21)31-22(6-2)19-26(30)28(34)32-23-10-13-25(20(3)18-23)29(35)33-14-16-37-17-15-33;;/h5,7-11,13,18-19H,1,6,14-17,30H2,2-4H3,(H,32,34);1H3;/q2*-1;+2/b26-19-,27-7-,31-22-;;. The maximum Gasteiger partial charge on any atom is 2.00 e. The number of ether oxygens (including phenoxy) is 2. The molecule has 8 nitrogen and oxygen atoms in total. The minimum atomic E-state index is -0.458. The fourth-order valence-corrected chi connectivity index (χ4v) is 3.74. The Hall–Kier alpha value is -3.12. The average Bonchev–Trinajstić information content (AvgIpc) is 2.92. The Morgan fingerprint density at radius 2 is 1.97 bits per heavy atom. The van der Waals surface area contributed by atoms with E-state index in [1.807, 2.05) is 19.9 Å². The number of amides is 2. The maximum absolute atomic E-state index is 12.8. The van der Waals surface area contributed by atoms with Crippen molar-refractivity contribution in [2.45, 2.75) is 20.3 Å².